The molecule has 0 spiro atoms. The van der Waals surface area contributed by atoms with E-state index in [1.165, 1.54) is 6.08 Å². The van der Waals surface area contributed by atoms with Crippen LogP contribution in [0.15, 0.2) is 95.0 Å². The lowest BCUT2D eigenvalue weighted by atomic mass is 10.1. The molecule has 0 aliphatic carbocycles. The second-order valence-electron chi connectivity index (χ2n) is 8.20. The summed E-state index contributed by atoms with van der Waals surface area (Å²) in [5, 5.41) is 6.59. The van der Waals surface area contributed by atoms with Crippen LogP contribution in [0.4, 0.5) is 0 Å². The molecule has 0 aliphatic rings. The molecule has 7 heteroatoms. The van der Waals surface area contributed by atoms with Gasteiger partial charge in [0.25, 0.3) is 11.8 Å². The molecular weight excluding hydrogens is 495 g/mol. The Morgan fingerprint density at radius 3 is 2.42 bits per heavy atom. The van der Waals surface area contributed by atoms with Gasteiger partial charge in [-0.2, -0.15) is 0 Å². The third kappa shape index (κ3) is 6.66. The topological polar surface area (TPSA) is 71.3 Å². The maximum Gasteiger partial charge on any atom is 0.267 e. The molecule has 0 fully saturated rings. The largest absolute Gasteiger partial charge is 0.457 e. The SMILES string of the molecule is Cc1ccc(C(=O)N/C(=C\c2ccc(-c3cc(Cl)ccc3Cl)o2)C(=O)NCCc2ccccc2)cc1. The Balaban J connectivity index is 1.56. The van der Waals surface area contributed by atoms with Gasteiger partial charge in [-0.1, -0.05) is 71.2 Å². The molecule has 4 aromatic rings. The summed E-state index contributed by atoms with van der Waals surface area (Å²) in [6, 6.07) is 25.4. The van der Waals surface area contributed by atoms with E-state index in [1.54, 1.807) is 42.5 Å². The van der Waals surface area contributed by atoms with Crippen LogP contribution in [-0.4, -0.2) is 18.4 Å². The molecule has 0 radical (unpaired) electrons. The molecule has 2 N–H and O–H groups in total. The average Bonchev–Trinajstić information content (AvgIpc) is 3.34. The van der Waals surface area contributed by atoms with Crippen molar-refractivity contribution in [2.24, 2.45) is 0 Å². The highest BCUT2D eigenvalue weighted by Crippen LogP contribution is 2.32. The number of halogens is 2. The number of amides is 2. The fourth-order valence-corrected chi connectivity index (χ4v) is 3.90. The first-order chi connectivity index (χ1) is 17.4. The van der Waals surface area contributed by atoms with E-state index in [0.717, 1.165) is 11.1 Å². The second-order valence-corrected chi connectivity index (χ2v) is 9.04. The number of carbonyl (C=O) groups excluding carboxylic acids is 2. The summed E-state index contributed by atoms with van der Waals surface area (Å²) in [5.74, 6) is 0.0372. The highest BCUT2D eigenvalue weighted by molar-refractivity contribution is 6.35. The van der Waals surface area contributed by atoms with Crippen molar-refractivity contribution in [3.8, 4) is 11.3 Å². The molecule has 0 atom stereocenters. The minimum atomic E-state index is -0.426. The number of carbonyl (C=O) groups is 2. The first kappa shape index (κ1) is 25.3. The van der Waals surface area contributed by atoms with E-state index >= 15 is 0 Å². The van der Waals surface area contributed by atoms with Crippen molar-refractivity contribution in [3.05, 3.63) is 123 Å². The predicted molar refractivity (Wildman–Crippen MR) is 144 cm³/mol. The lowest BCUT2D eigenvalue weighted by Gasteiger charge is -2.11. The van der Waals surface area contributed by atoms with E-state index < -0.39 is 11.8 Å². The third-order valence-corrected chi connectivity index (χ3v) is 6.02. The first-order valence-electron chi connectivity index (χ1n) is 11.4. The average molecular weight is 519 g/mol. The van der Waals surface area contributed by atoms with E-state index in [9.17, 15) is 9.59 Å². The Kier molecular flexibility index (Phi) is 8.26. The summed E-state index contributed by atoms with van der Waals surface area (Å²) >= 11 is 12.4. The van der Waals surface area contributed by atoms with Gasteiger partial charge in [-0.05, 0) is 61.4 Å². The minimum Gasteiger partial charge on any atom is -0.457 e. The Hall–Kier alpha value is -3.80. The number of nitrogens with one attached hydrogen (secondary N) is 2. The molecule has 0 bridgehead atoms. The monoisotopic (exact) mass is 518 g/mol. The minimum absolute atomic E-state index is 0.0618. The number of furan rings is 1. The maximum absolute atomic E-state index is 13.1. The van der Waals surface area contributed by atoms with Crippen LogP contribution in [0.2, 0.25) is 10.0 Å². The predicted octanol–water partition coefficient (Wildman–Crippen LogP) is 6.69. The number of hydrogen-bond donors (Lipinski definition) is 2. The summed E-state index contributed by atoms with van der Waals surface area (Å²) in [5.41, 5.74) is 3.26. The molecule has 3 aromatic carbocycles. The smallest absolute Gasteiger partial charge is 0.267 e. The van der Waals surface area contributed by atoms with Crippen molar-refractivity contribution in [1.82, 2.24) is 10.6 Å². The zero-order valence-electron chi connectivity index (χ0n) is 19.6. The lowest BCUT2D eigenvalue weighted by Crippen LogP contribution is -2.35. The van der Waals surface area contributed by atoms with Crippen LogP contribution in [0, 0.1) is 6.92 Å². The van der Waals surface area contributed by atoms with Crippen molar-refractivity contribution in [2.75, 3.05) is 6.54 Å². The van der Waals surface area contributed by atoms with Crippen LogP contribution in [-0.2, 0) is 11.2 Å². The van der Waals surface area contributed by atoms with Crippen LogP contribution >= 0.6 is 23.2 Å². The molecule has 1 aromatic heterocycles. The Morgan fingerprint density at radius 1 is 0.917 bits per heavy atom. The molecular formula is C29H24Cl2N2O3. The standard InChI is InChI=1S/C29H24Cl2N2O3/c1-19-7-9-21(10-8-19)28(34)33-26(29(35)32-16-15-20-5-3-2-4-6-20)18-23-12-14-27(36-23)24-17-22(30)11-13-25(24)31/h2-14,17-18H,15-16H2,1H3,(H,32,35)(H,33,34)/b26-18-. The van der Waals surface area contributed by atoms with E-state index in [4.69, 9.17) is 27.6 Å². The molecule has 4 rings (SSSR count). The van der Waals surface area contributed by atoms with Gasteiger partial charge in [-0.15, -0.1) is 0 Å². The highest BCUT2D eigenvalue weighted by atomic mass is 35.5. The number of aryl methyl sites for hydroxylation is 1. The van der Waals surface area contributed by atoms with Gasteiger partial charge in [0.15, 0.2) is 0 Å². The van der Waals surface area contributed by atoms with Crippen LogP contribution < -0.4 is 10.6 Å². The number of rotatable bonds is 8. The van der Waals surface area contributed by atoms with Gasteiger partial charge in [0.1, 0.15) is 17.2 Å². The molecule has 182 valence electrons. The van der Waals surface area contributed by atoms with E-state index in [0.29, 0.717) is 45.7 Å². The summed E-state index contributed by atoms with van der Waals surface area (Å²) in [6.45, 7) is 2.34. The van der Waals surface area contributed by atoms with Crippen molar-refractivity contribution in [1.29, 1.82) is 0 Å². The molecule has 1 heterocycles. The molecule has 0 saturated carbocycles. The van der Waals surface area contributed by atoms with Crippen LogP contribution in [0.1, 0.15) is 27.2 Å². The molecule has 0 unspecified atom stereocenters. The molecule has 36 heavy (non-hydrogen) atoms. The van der Waals surface area contributed by atoms with Crippen molar-refractivity contribution in [3.63, 3.8) is 0 Å². The van der Waals surface area contributed by atoms with Crippen LogP contribution in [0.3, 0.4) is 0 Å². The van der Waals surface area contributed by atoms with E-state index in [1.807, 2.05) is 49.4 Å². The Morgan fingerprint density at radius 2 is 1.67 bits per heavy atom. The summed E-state index contributed by atoms with van der Waals surface area (Å²) in [6.07, 6.45) is 2.15. The molecule has 0 saturated heterocycles. The van der Waals surface area contributed by atoms with Crippen LogP contribution in [0.5, 0.6) is 0 Å². The quantitative estimate of drug-likeness (QED) is 0.255. The molecule has 5 nitrogen and oxygen atoms in total. The van der Waals surface area contributed by atoms with Gasteiger partial charge in [-0.3, -0.25) is 9.59 Å². The molecule has 2 amide bonds. The van der Waals surface area contributed by atoms with Gasteiger partial charge < -0.3 is 15.1 Å². The zero-order chi connectivity index (χ0) is 25.5. The molecule has 0 aliphatic heterocycles. The number of benzene rings is 3. The Bertz CT molecular complexity index is 1390. The van der Waals surface area contributed by atoms with Gasteiger partial charge in [-0.25, -0.2) is 0 Å². The van der Waals surface area contributed by atoms with Gasteiger partial charge >= 0.3 is 0 Å². The normalized spacial score (nSPS) is 11.2. The van der Waals surface area contributed by atoms with Crippen LogP contribution in [0.25, 0.3) is 17.4 Å². The van der Waals surface area contributed by atoms with Crippen molar-refractivity contribution in [2.45, 2.75) is 13.3 Å². The van der Waals surface area contributed by atoms with Gasteiger partial charge in [0, 0.05) is 28.8 Å². The summed E-state index contributed by atoms with van der Waals surface area (Å²) in [4.78, 5) is 25.9. The maximum atomic E-state index is 13.1. The second kappa shape index (κ2) is 11.8. The lowest BCUT2D eigenvalue weighted by molar-refractivity contribution is -0.117. The summed E-state index contributed by atoms with van der Waals surface area (Å²) < 4.78 is 5.91. The Labute approximate surface area is 219 Å². The van der Waals surface area contributed by atoms with E-state index in [2.05, 4.69) is 10.6 Å². The number of hydrogen-bond acceptors (Lipinski definition) is 3. The first-order valence-corrected chi connectivity index (χ1v) is 12.1. The fraction of sp³-hybridized carbons (Fsp3) is 0.103. The highest BCUT2D eigenvalue weighted by Gasteiger charge is 2.16. The van der Waals surface area contributed by atoms with E-state index in [-0.39, 0.29) is 5.70 Å². The summed E-state index contributed by atoms with van der Waals surface area (Å²) in [7, 11) is 0. The van der Waals surface area contributed by atoms with Crippen molar-refractivity contribution >= 4 is 41.1 Å². The zero-order valence-corrected chi connectivity index (χ0v) is 21.1. The van der Waals surface area contributed by atoms with Gasteiger partial charge in [0.2, 0.25) is 0 Å². The fourth-order valence-electron chi connectivity index (χ4n) is 3.52. The van der Waals surface area contributed by atoms with Crippen molar-refractivity contribution < 1.29 is 14.0 Å². The van der Waals surface area contributed by atoms with Gasteiger partial charge in [0.05, 0.1) is 5.02 Å². The third-order valence-electron chi connectivity index (χ3n) is 5.46.